The number of hydrogen-bond acceptors (Lipinski definition) is 3. The molecule has 1 aliphatic rings. The second-order valence-corrected chi connectivity index (χ2v) is 14.0. The largest absolute Gasteiger partial charge is 0.456 e. The van der Waals surface area contributed by atoms with Crippen molar-refractivity contribution < 1.29 is 4.42 Å². The van der Waals surface area contributed by atoms with E-state index in [0.717, 1.165) is 33.6 Å². The van der Waals surface area contributed by atoms with Crippen molar-refractivity contribution in [3.05, 3.63) is 151 Å². The van der Waals surface area contributed by atoms with Gasteiger partial charge in [-0.25, -0.2) is 0 Å². The quantitative estimate of drug-likeness (QED) is 0.199. The lowest BCUT2D eigenvalue weighted by Gasteiger charge is -2.27. The van der Waals surface area contributed by atoms with Gasteiger partial charge in [0.1, 0.15) is 11.2 Å². The predicted octanol–water partition coefficient (Wildman–Crippen LogP) is 12.9. The van der Waals surface area contributed by atoms with Crippen molar-refractivity contribution in [3.63, 3.8) is 0 Å². The normalized spacial score (nSPS) is 13.6. The van der Waals surface area contributed by atoms with Crippen molar-refractivity contribution >= 4 is 81.3 Å². The second-order valence-electron chi connectivity index (χ2n) is 13.0. The van der Waals surface area contributed by atoms with Gasteiger partial charge in [0.15, 0.2) is 0 Å². The molecule has 9 aromatic rings. The van der Waals surface area contributed by atoms with Crippen LogP contribution in [0.5, 0.6) is 0 Å². The molecule has 0 saturated carbocycles. The molecule has 10 rings (SSSR count). The Balaban J connectivity index is 1.22. The molecule has 1 aliphatic carbocycles. The van der Waals surface area contributed by atoms with E-state index in [1.54, 1.807) is 0 Å². The van der Waals surface area contributed by atoms with Crippen molar-refractivity contribution in [2.45, 2.75) is 19.3 Å². The molecule has 2 aromatic heterocycles. The lowest BCUT2D eigenvalue weighted by Crippen LogP contribution is -2.15. The number of para-hydroxylation sites is 1. The molecule has 218 valence electrons. The first-order chi connectivity index (χ1) is 22.5. The molecule has 0 radical (unpaired) electrons. The summed E-state index contributed by atoms with van der Waals surface area (Å²) in [7, 11) is 0. The minimum atomic E-state index is -0.0362. The first-order valence-electron chi connectivity index (χ1n) is 15.8. The third-order valence-electron chi connectivity index (χ3n) is 10.0. The molecule has 0 unspecified atom stereocenters. The summed E-state index contributed by atoms with van der Waals surface area (Å²) in [5.74, 6) is 0. The lowest BCUT2D eigenvalue weighted by molar-refractivity contribution is 0.660. The van der Waals surface area contributed by atoms with Crippen LogP contribution < -0.4 is 4.90 Å². The third kappa shape index (κ3) is 3.58. The summed E-state index contributed by atoms with van der Waals surface area (Å²) >= 11 is 1.86. The molecule has 2 nitrogen and oxygen atoms in total. The van der Waals surface area contributed by atoms with Crippen molar-refractivity contribution in [3.8, 4) is 11.1 Å². The van der Waals surface area contributed by atoms with Gasteiger partial charge < -0.3 is 9.32 Å². The van der Waals surface area contributed by atoms with Crippen LogP contribution >= 0.6 is 11.3 Å². The van der Waals surface area contributed by atoms with E-state index in [-0.39, 0.29) is 5.41 Å². The van der Waals surface area contributed by atoms with Gasteiger partial charge in [-0.15, -0.1) is 11.3 Å². The maximum absolute atomic E-state index is 6.22. The minimum absolute atomic E-state index is 0.0362. The van der Waals surface area contributed by atoms with E-state index < -0.39 is 0 Å². The van der Waals surface area contributed by atoms with Crippen molar-refractivity contribution in [1.82, 2.24) is 0 Å². The summed E-state index contributed by atoms with van der Waals surface area (Å²) in [6.07, 6.45) is 0. The van der Waals surface area contributed by atoms with Gasteiger partial charge >= 0.3 is 0 Å². The molecule has 0 atom stereocenters. The Morgan fingerprint density at radius 1 is 0.500 bits per heavy atom. The monoisotopic (exact) mass is 607 g/mol. The number of hydrogen-bond donors (Lipinski definition) is 0. The zero-order chi connectivity index (χ0) is 30.6. The van der Waals surface area contributed by atoms with Gasteiger partial charge in [-0.05, 0) is 93.7 Å². The summed E-state index contributed by atoms with van der Waals surface area (Å²) in [5.41, 5.74) is 10.7. The highest BCUT2D eigenvalue weighted by molar-refractivity contribution is 7.25. The highest BCUT2D eigenvalue weighted by Gasteiger charge is 2.35. The SMILES string of the molecule is CC1(C)c2ccccc2-c2cc(N(c3ccc4c(ccc5oc6ccccc6c54)c3)c3ccc4sc5ccccc5c4c3)ccc21. The summed E-state index contributed by atoms with van der Waals surface area (Å²) in [4.78, 5) is 2.43. The zero-order valence-electron chi connectivity index (χ0n) is 25.5. The Hall–Kier alpha value is -5.38. The number of rotatable bonds is 3. The van der Waals surface area contributed by atoms with E-state index in [9.17, 15) is 0 Å². The lowest BCUT2D eigenvalue weighted by atomic mass is 9.82. The number of anilines is 3. The van der Waals surface area contributed by atoms with Crippen LogP contribution in [0.4, 0.5) is 17.1 Å². The molecule has 2 heterocycles. The van der Waals surface area contributed by atoms with Crippen molar-refractivity contribution in [2.24, 2.45) is 0 Å². The van der Waals surface area contributed by atoms with E-state index in [2.05, 4.69) is 152 Å². The van der Waals surface area contributed by atoms with Crippen molar-refractivity contribution in [2.75, 3.05) is 4.90 Å². The van der Waals surface area contributed by atoms with Crippen LogP contribution in [0.25, 0.3) is 64.0 Å². The number of benzene rings is 7. The van der Waals surface area contributed by atoms with Crippen molar-refractivity contribution in [1.29, 1.82) is 0 Å². The summed E-state index contributed by atoms with van der Waals surface area (Å²) in [6, 6.07) is 51.1. The van der Waals surface area contributed by atoms with Gasteiger partial charge in [-0.2, -0.15) is 0 Å². The first kappa shape index (κ1) is 25.9. The summed E-state index contributed by atoms with van der Waals surface area (Å²) in [5, 5.41) is 7.33. The highest BCUT2D eigenvalue weighted by atomic mass is 32.1. The van der Waals surface area contributed by atoms with Gasteiger partial charge in [0, 0.05) is 53.4 Å². The average Bonchev–Trinajstić information content (AvgIpc) is 3.73. The Bertz CT molecular complexity index is 2690. The fraction of sp³-hybridized carbons (Fsp3) is 0.0698. The molecule has 0 spiro atoms. The predicted molar refractivity (Wildman–Crippen MR) is 196 cm³/mol. The third-order valence-corrected chi connectivity index (χ3v) is 11.2. The molecular formula is C43H29NOS. The highest BCUT2D eigenvalue weighted by Crippen LogP contribution is 2.51. The van der Waals surface area contributed by atoms with E-state index in [1.165, 1.54) is 58.6 Å². The van der Waals surface area contributed by atoms with E-state index in [0.29, 0.717) is 0 Å². The van der Waals surface area contributed by atoms with Crippen LogP contribution in [0.15, 0.2) is 144 Å². The molecular weight excluding hydrogens is 579 g/mol. The fourth-order valence-corrected chi connectivity index (χ4v) is 8.91. The van der Waals surface area contributed by atoms with Crippen LogP contribution in [0.3, 0.4) is 0 Å². The summed E-state index contributed by atoms with van der Waals surface area (Å²) < 4.78 is 8.85. The molecule has 0 bridgehead atoms. The Morgan fingerprint density at radius 3 is 2.13 bits per heavy atom. The molecule has 0 N–H and O–H groups in total. The number of fused-ring (bicyclic) bond motifs is 11. The van der Waals surface area contributed by atoms with Crippen LogP contribution in [0.2, 0.25) is 0 Å². The molecule has 0 aliphatic heterocycles. The average molecular weight is 608 g/mol. The Morgan fingerprint density at radius 2 is 1.20 bits per heavy atom. The summed E-state index contributed by atoms with van der Waals surface area (Å²) in [6.45, 7) is 4.68. The van der Waals surface area contributed by atoms with Gasteiger partial charge in [0.2, 0.25) is 0 Å². The van der Waals surface area contributed by atoms with Gasteiger partial charge in [-0.3, -0.25) is 0 Å². The molecule has 0 fully saturated rings. The van der Waals surface area contributed by atoms with Gasteiger partial charge in [0.25, 0.3) is 0 Å². The van der Waals surface area contributed by atoms with Gasteiger partial charge in [0.05, 0.1) is 0 Å². The minimum Gasteiger partial charge on any atom is -0.456 e. The maximum atomic E-state index is 6.22. The number of nitrogens with zero attached hydrogens (tertiary/aromatic N) is 1. The Labute approximate surface area is 270 Å². The molecule has 0 saturated heterocycles. The molecule has 46 heavy (non-hydrogen) atoms. The molecule has 3 heteroatoms. The van der Waals surface area contributed by atoms with E-state index in [1.807, 2.05) is 17.4 Å². The number of thiophene rings is 1. The van der Waals surface area contributed by atoms with Crippen LogP contribution in [0.1, 0.15) is 25.0 Å². The van der Waals surface area contributed by atoms with E-state index in [4.69, 9.17) is 4.42 Å². The topological polar surface area (TPSA) is 16.4 Å². The molecule has 0 amide bonds. The maximum Gasteiger partial charge on any atom is 0.136 e. The Kier molecular flexibility index (Phi) is 5.25. The second kappa shape index (κ2) is 9.32. The fourth-order valence-electron chi connectivity index (χ4n) is 7.83. The van der Waals surface area contributed by atoms with Crippen LogP contribution in [0, 0.1) is 0 Å². The van der Waals surface area contributed by atoms with Crippen LogP contribution in [-0.2, 0) is 5.41 Å². The van der Waals surface area contributed by atoms with Crippen LogP contribution in [-0.4, -0.2) is 0 Å². The van der Waals surface area contributed by atoms with Gasteiger partial charge in [-0.1, -0.05) is 92.7 Å². The van der Waals surface area contributed by atoms with E-state index >= 15 is 0 Å². The smallest absolute Gasteiger partial charge is 0.136 e. The first-order valence-corrected chi connectivity index (χ1v) is 16.7. The standard InChI is InChI=1S/C43H29NOS/c1-43(2)36-12-6-3-9-31(36)34-24-28(17-20-37(34)43)44(29-18-22-41-35(25-29)32-10-5-8-14-40(32)46-41)27-16-19-30-26(23-27)15-21-39-42(30)33-11-4-7-13-38(33)45-39/h3-25H,1-2H3. The number of furan rings is 1. The zero-order valence-corrected chi connectivity index (χ0v) is 26.4. The molecule has 7 aromatic carbocycles.